The fourth-order valence-electron chi connectivity index (χ4n) is 2.60. The van der Waals surface area contributed by atoms with E-state index in [9.17, 15) is 4.79 Å². The van der Waals surface area contributed by atoms with E-state index in [1.54, 1.807) is 6.20 Å². The van der Waals surface area contributed by atoms with Crippen LogP contribution < -0.4 is 15.8 Å². The minimum absolute atomic E-state index is 0.0599. The summed E-state index contributed by atoms with van der Waals surface area (Å²) in [7, 11) is 0. The van der Waals surface area contributed by atoms with Crippen LogP contribution in [0, 0.1) is 0 Å². The Labute approximate surface area is 128 Å². The molecule has 1 N–H and O–H groups in total. The first kappa shape index (κ1) is 15.5. The molecule has 2 rings (SSSR count). The second kappa shape index (κ2) is 6.72. The number of halogens is 1. The summed E-state index contributed by atoms with van der Waals surface area (Å²) in [6.07, 6.45) is 4.23. The third-order valence-corrected chi connectivity index (χ3v) is 4.49. The maximum Gasteiger partial charge on any atom is 0.283 e. The third kappa shape index (κ3) is 3.23. The van der Waals surface area contributed by atoms with Gasteiger partial charge in [-0.15, -0.1) is 0 Å². The highest BCUT2D eigenvalue weighted by atomic mass is 79.9. The van der Waals surface area contributed by atoms with Gasteiger partial charge in [-0.1, -0.05) is 0 Å². The van der Waals surface area contributed by atoms with Crippen molar-refractivity contribution in [2.24, 2.45) is 0 Å². The molecule has 6 heteroatoms. The van der Waals surface area contributed by atoms with Crippen molar-refractivity contribution in [3.63, 3.8) is 0 Å². The van der Waals surface area contributed by atoms with E-state index in [0.29, 0.717) is 10.5 Å². The second-order valence-electron chi connectivity index (χ2n) is 5.52. The molecule has 0 amide bonds. The Bertz CT molecular complexity index is 508. The molecule has 1 aromatic heterocycles. The van der Waals surface area contributed by atoms with Gasteiger partial charge in [-0.25, -0.2) is 4.68 Å². The van der Waals surface area contributed by atoms with Crippen molar-refractivity contribution in [2.45, 2.75) is 45.7 Å². The van der Waals surface area contributed by atoms with Gasteiger partial charge in [0.2, 0.25) is 0 Å². The van der Waals surface area contributed by atoms with Crippen LogP contribution in [0.3, 0.4) is 0 Å². The fourth-order valence-corrected chi connectivity index (χ4v) is 3.14. The molecule has 1 fully saturated rings. The Balaban J connectivity index is 2.25. The molecule has 0 spiro atoms. The molecule has 112 valence electrons. The van der Waals surface area contributed by atoms with E-state index in [2.05, 4.69) is 38.2 Å². The van der Waals surface area contributed by atoms with Crippen molar-refractivity contribution in [3.8, 4) is 0 Å². The van der Waals surface area contributed by atoms with Crippen LogP contribution in [0.2, 0.25) is 0 Å². The molecule has 1 atom stereocenters. The van der Waals surface area contributed by atoms with Crippen LogP contribution in [0.15, 0.2) is 15.5 Å². The molecule has 0 radical (unpaired) electrons. The van der Waals surface area contributed by atoms with Gasteiger partial charge in [-0.3, -0.25) is 4.79 Å². The number of hydrogen-bond donors (Lipinski definition) is 1. The van der Waals surface area contributed by atoms with Gasteiger partial charge in [0.25, 0.3) is 5.56 Å². The van der Waals surface area contributed by atoms with E-state index in [0.717, 1.165) is 25.3 Å². The summed E-state index contributed by atoms with van der Waals surface area (Å²) in [6.45, 7) is 8.90. The van der Waals surface area contributed by atoms with E-state index >= 15 is 0 Å². The number of nitrogens with one attached hydrogen (secondary N) is 1. The molecule has 0 aliphatic carbocycles. The van der Waals surface area contributed by atoms with Gasteiger partial charge in [-0.2, -0.15) is 5.10 Å². The molecule has 1 saturated heterocycles. The first-order chi connectivity index (χ1) is 9.54. The molecular formula is C14H23BrN4O. The molecule has 1 aromatic rings. The average Bonchev–Trinajstić information content (AvgIpc) is 2.92. The van der Waals surface area contributed by atoms with Crippen molar-refractivity contribution in [3.05, 3.63) is 21.0 Å². The van der Waals surface area contributed by atoms with Gasteiger partial charge in [0.1, 0.15) is 4.47 Å². The molecule has 20 heavy (non-hydrogen) atoms. The fraction of sp³-hybridized carbons (Fsp3) is 0.714. The molecular weight excluding hydrogens is 320 g/mol. The predicted octanol–water partition coefficient (Wildman–Crippen LogP) is 2.17. The molecule has 0 bridgehead atoms. The van der Waals surface area contributed by atoms with Crippen molar-refractivity contribution in [2.75, 3.05) is 24.5 Å². The summed E-state index contributed by atoms with van der Waals surface area (Å²) < 4.78 is 2.12. The predicted molar refractivity (Wildman–Crippen MR) is 85.5 cm³/mol. The molecule has 1 aliphatic rings. The molecule has 0 aromatic carbocycles. The quantitative estimate of drug-likeness (QED) is 0.890. The Morgan fingerprint density at radius 1 is 1.60 bits per heavy atom. The van der Waals surface area contributed by atoms with Crippen molar-refractivity contribution in [1.29, 1.82) is 0 Å². The van der Waals surface area contributed by atoms with Gasteiger partial charge < -0.3 is 10.2 Å². The highest BCUT2D eigenvalue weighted by molar-refractivity contribution is 9.10. The minimum atomic E-state index is -0.0599. The number of hydrogen-bond acceptors (Lipinski definition) is 4. The summed E-state index contributed by atoms with van der Waals surface area (Å²) in [5.41, 5.74) is 0.832. The van der Waals surface area contributed by atoms with Gasteiger partial charge in [-0.05, 0) is 56.1 Å². The van der Waals surface area contributed by atoms with Crippen LogP contribution in [0.25, 0.3) is 0 Å². The summed E-state index contributed by atoms with van der Waals surface area (Å²) >= 11 is 3.45. The standard InChI is InChI=1S/C14H23BrN4O/c1-4-18(9-11-6-5-7-16-11)12-8-17-19(10(2)3)14(20)13(12)15/h8,10-11,16H,4-7,9H2,1-3H3. The lowest BCUT2D eigenvalue weighted by molar-refractivity contribution is 0.498. The third-order valence-electron chi connectivity index (χ3n) is 3.74. The van der Waals surface area contributed by atoms with Crippen LogP contribution in [0.5, 0.6) is 0 Å². The van der Waals surface area contributed by atoms with E-state index in [4.69, 9.17) is 0 Å². The first-order valence-electron chi connectivity index (χ1n) is 7.30. The summed E-state index contributed by atoms with van der Waals surface area (Å²) in [6, 6.07) is 0.578. The number of anilines is 1. The van der Waals surface area contributed by atoms with Crippen LogP contribution in [-0.4, -0.2) is 35.5 Å². The molecule has 1 aliphatic heterocycles. The summed E-state index contributed by atoms with van der Waals surface area (Å²) in [4.78, 5) is 14.5. The van der Waals surface area contributed by atoms with Crippen molar-refractivity contribution >= 4 is 21.6 Å². The zero-order chi connectivity index (χ0) is 14.7. The zero-order valence-corrected chi connectivity index (χ0v) is 14.0. The molecule has 5 nitrogen and oxygen atoms in total. The largest absolute Gasteiger partial charge is 0.368 e. The summed E-state index contributed by atoms with van der Waals surface area (Å²) in [5.74, 6) is 0. The summed E-state index contributed by atoms with van der Waals surface area (Å²) in [5, 5.41) is 7.79. The van der Waals surface area contributed by atoms with Crippen molar-refractivity contribution < 1.29 is 0 Å². The lowest BCUT2D eigenvalue weighted by Crippen LogP contribution is -2.39. The Morgan fingerprint density at radius 2 is 2.35 bits per heavy atom. The lowest BCUT2D eigenvalue weighted by atomic mass is 10.2. The van der Waals surface area contributed by atoms with E-state index in [1.165, 1.54) is 17.5 Å². The normalized spacial score (nSPS) is 18.8. The number of likely N-dealkylation sites (N-methyl/N-ethyl adjacent to an activating group) is 1. The highest BCUT2D eigenvalue weighted by Gasteiger charge is 2.20. The van der Waals surface area contributed by atoms with Gasteiger partial charge in [0.05, 0.1) is 17.9 Å². The maximum atomic E-state index is 12.3. The first-order valence-corrected chi connectivity index (χ1v) is 8.09. The number of rotatable bonds is 5. The average molecular weight is 343 g/mol. The highest BCUT2D eigenvalue weighted by Crippen LogP contribution is 2.23. The Morgan fingerprint density at radius 3 is 2.90 bits per heavy atom. The van der Waals surface area contributed by atoms with Crippen molar-refractivity contribution in [1.82, 2.24) is 15.1 Å². The van der Waals surface area contributed by atoms with Gasteiger partial charge in [0, 0.05) is 19.1 Å². The molecule has 1 unspecified atom stereocenters. The van der Waals surface area contributed by atoms with Crippen LogP contribution in [-0.2, 0) is 0 Å². The lowest BCUT2D eigenvalue weighted by Gasteiger charge is -2.27. The van der Waals surface area contributed by atoms with Crippen LogP contribution >= 0.6 is 15.9 Å². The molecule has 2 heterocycles. The smallest absolute Gasteiger partial charge is 0.283 e. The Kier molecular flexibility index (Phi) is 5.21. The minimum Gasteiger partial charge on any atom is -0.368 e. The second-order valence-corrected chi connectivity index (χ2v) is 6.31. The van der Waals surface area contributed by atoms with Crippen LogP contribution in [0.4, 0.5) is 5.69 Å². The van der Waals surface area contributed by atoms with E-state index in [1.807, 2.05) is 13.8 Å². The zero-order valence-electron chi connectivity index (χ0n) is 12.4. The van der Waals surface area contributed by atoms with E-state index in [-0.39, 0.29) is 11.6 Å². The number of nitrogens with zero attached hydrogens (tertiary/aromatic N) is 3. The van der Waals surface area contributed by atoms with E-state index < -0.39 is 0 Å². The van der Waals surface area contributed by atoms with Gasteiger partial charge in [0.15, 0.2) is 0 Å². The van der Waals surface area contributed by atoms with Crippen LogP contribution in [0.1, 0.15) is 39.7 Å². The SMILES string of the molecule is CCN(CC1CCCN1)c1cnn(C(C)C)c(=O)c1Br. The monoisotopic (exact) mass is 342 g/mol. The maximum absolute atomic E-state index is 12.3. The van der Waals surface area contributed by atoms with Gasteiger partial charge >= 0.3 is 0 Å². The number of aromatic nitrogens is 2. The Hall–Kier alpha value is -0.880. The molecule has 0 saturated carbocycles. The topological polar surface area (TPSA) is 50.2 Å².